The van der Waals surface area contributed by atoms with Gasteiger partial charge in [-0.05, 0) is 29.6 Å². The normalized spacial score (nSPS) is 29.8. The van der Waals surface area contributed by atoms with Gasteiger partial charge in [-0.1, -0.05) is 6.07 Å². The molecule has 3 aliphatic rings. The lowest BCUT2D eigenvalue weighted by Gasteiger charge is -2.45. The maximum absolute atomic E-state index is 13.7. The summed E-state index contributed by atoms with van der Waals surface area (Å²) in [5.41, 5.74) is 1.23. The monoisotopic (exact) mass is 434 g/mol. The molecule has 1 N–H and O–H groups in total. The number of piperidine rings is 1. The fourth-order valence-corrected chi connectivity index (χ4v) is 5.61. The zero-order valence-corrected chi connectivity index (χ0v) is 17.4. The van der Waals surface area contributed by atoms with Crippen LogP contribution in [0.4, 0.5) is 14.9 Å². The minimum atomic E-state index is -0.500. The average Bonchev–Trinajstić information content (AvgIpc) is 3.24. The first kappa shape index (κ1) is 20.8. The molecule has 7 nitrogen and oxygen atoms in total. The number of amides is 1. The van der Waals surface area contributed by atoms with Crippen LogP contribution in [0.15, 0.2) is 35.7 Å². The third-order valence-corrected chi connectivity index (χ3v) is 7.22. The Labute approximate surface area is 177 Å². The molecule has 1 aromatic heterocycles. The van der Waals surface area contributed by atoms with Gasteiger partial charge in [-0.3, -0.25) is 5.32 Å². The minimum absolute atomic E-state index is 0.104. The van der Waals surface area contributed by atoms with E-state index >= 15 is 0 Å². The van der Waals surface area contributed by atoms with Gasteiger partial charge in [-0.2, -0.15) is 0 Å². The van der Waals surface area contributed by atoms with E-state index in [1.807, 2.05) is 17.5 Å². The highest BCUT2D eigenvalue weighted by Crippen LogP contribution is 2.51. The van der Waals surface area contributed by atoms with Gasteiger partial charge in [-0.15, -0.1) is 11.3 Å². The Kier molecular flexibility index (Phi) is 5.52. The molecule has 4 heterocycles. The Balaban J connectivity index is 0.000000687. The number of ether oxygens (including phenoxy) is 2. The first-order chi connectivity index (χ1) is 14.3. The Morgan fingerprint density at radius 2 is 1.97 bits per heavy atom. The third kappa shape index (κ3) is 3.80. The van der Waals surface area contributed by atoms with E-state index in [4.69, 9.17) is 19.4 Å². The number of nitrogens with zero attached hydrogens (tertiary/aromatic N) is 1. The van der Waals surface area contributed by atoms with Crippen molar-refractivity contribution in [2.75, 3.05) is 19.4 Å². The van der Waals surface area contributed by atoms with Gasteiger partial charge in [0.25, 0.3) is 0 Å². The first-order valence-electron chi connectivity index (χ1n) is 9.70. The van der Waals surface area contributed by atoms with Crippen molar-refractivity contribution in [1.82, 2.24) is 0 Å². The lowest BCUT2D eigenvalue weighted by Crippen LogP contribution is -2.60. The predicted octanol–water partition coefficient (Wildman–Crippen LogP) is 2.23. The highest BCUT2D eigenvalue weighted by atomic mass is 32.1. The lowest BCUT2D eigenvalue weighted by molar-refractivity contribution is -0.938. The summed E-state index contributed by atoms with van der Waals surface area (Å²) in [7, 11) is 4.49. The van der Waals surface area contributed by atoms with Crippen molar-refractivity contribution in [3.8, 4) is 10.4 Å². The number of morpholine rings is 1. The van der Waals surface area contributed by atoms with Gasteiger partial charge in [0.2, 0.25) is 0 Å². The number of anilines is 1. The molecule has 3 fully saturated rings. The summed E-state index contributed by atoms with van der Waals surface area (Å²) in [5, 5.41) is 13.0. The van der Waals surface area contributed by atoms with Gasteiger partial charge < -0.3 is 23.9 Å². The summed E-state index contributed by atoms with van der Waals surface area (Å²) >= 11 is 1.50. The number of benzene rings is 1. The molecular formula is C21H23FN2O5S. The molecule has 4 atom stereocenters. The second kappa shape index (κ2) is 7.98. The molecular weight excluding hydrogens is 411 g/mol. The number of hydrogen-bond donors (Lipinski definition) is 1. The van der Waals surface area contributed by atoms with Crippen molar-refractivity contribution in [3.05, 3.63) is 41.5 Å². The number of rotatable bonds is 3. The van der Waals surface area contributed by atoms with E-state index in [1.165, 1.54) is 23.5 Å². The van der Waals surface area contributed by atoms with Crippen LogP contribution in [0.3, 0.4) is 0 Å². The van der Waals surface area contributed by atoms with E-state index in [-0.39, 0.29) is 11.9 Å². The number of carbonyl (C=O) groups is 2. The minimum Gasteiger partial charge on any atom is -0.554 e. The van der Waals surface area contributed by atoms with E-state index in [1.54, 1.807) is 6.07 Å². The zero-order valence-electron chi connectivity index (χ0n) is 16.6. The van der Waals surface area contributed by atoms with Gasteiger partial charge in [0.15, 0.2) is 0 Å². The third-order valence-electron chi connectivity index (χ3n) is 6.32. The number of carbonyl (C=O) groups excluding carboxylic acids is 2. The van der Waals surface area contributed by atoms with Crippen LogP contribution in [-0.4, -0.2) is 61.5 Å². The molecule has 5 rings (SSSR count). The topological polar surface area (TPSA) is 91.0 Å². The van der Waals surface area contributed by atoms with E-state index in [2.05, 4.69) is 19.4 Å². The molecule has 0 saturated carbocycles. The number of likely N-dealkylation sites (N-methyl/N-ethyl adjacent to an activating group) is 1. The van der Waals surface area contributed by atoms with Crippen LogP contribution >= 0.6 is 11.3 Å². The van der Waals surface area contributed by atoms with Crippen LogP contribution in [0.25, 0.3) is 10.4 Å². The quantitative estimate of drug-likeness (QED) is 0.455. The molecule has 3 aliphatic heterocycles. The summed E-state index contributed by atoms with van der Waals surface area (Å²) in [4.78, 5) is 21.7. The number of carboxylic acid groups (broad SMARTS) is 1. The highest BCUT2D eigenvalue weighted by molar-refractivity contribution is 7.13. The van der Waals surface area contributed by atoms with E-state index in [0.717, 1.165) is 22.2 Å². The van der Waals surface area contributed by atoms with Crippen LogP contribution < -0.4 is 10.4 Å². The second-order valence-electron chi connectivity index (χ2n) is 8.22. The fourth-order valence-electron chi connectivity index (χ4n) is 4.85. The summed E-state index contributed by atoms with van der Waals surface area (Å²) in [6, 6.07) is 8.95. The Bertz CT molecular complexity index is 915. The number of nitrogens with one attached hydrogen (secondary N) is 1. The standard InChI is InChI=1S/C20H21FN2O3S.CH2O2/c1-23(2)15-9-12(10-16(23)19-18(15)26-19)25-20(24)22-14-6-5-11(21)8-13(14)17-4-3-7-27-17;2-1-3/h3-8,12,15-16,18-19H,9-10H2,1-2H3;1H,(H,2,3). The SMILES string of the molecule is C[N+]1(C)C2CC(OC(=O)Nc3ccc(F)cc3-c3cccs3)CC1C1OC12.O=C[O-]. The van der Waals surface area contributed by atoms with Crippen molar-refractivity contribution in [2.24, 2.45) is 0 Å². The van der Waals surface area contributed by atoms with Gasteiger partial charge in [0.05, 0.1) is 19.8 Å². The number of quaternary nitrogens is 1. The lowest BCUT2D eigenvalue weighted by atomic mass is 9.96. The van der Waals surface area contributed by atoms with Crippen LogP contribution in [0, 0.1) is 5.82 Å². The second-order valence-corrected chi connectivity index (χ2v) is 9.16. The number of thiophene rings is 1. The molecule has 2 aromatic rings. The summed E-state index contributed by atoms with van der Waals surface area (Å²) in [6.45, 7) is -0.500. The number of hydrogen-bond acceptors (Lipinski definition) is 6. The molecule has 0 radical (unpaired) electrons. The van der Waals surface area contributed by atoms with Crippen LogP contribution in [0.2, 0.25) is 0 Å². The van der Waals surface area contributed by atoms with Crippen LogP contribution in [0.1, 0.15) is 12.8 Å². The van der Waals surface area contributed by atoms with Gasteiger partial charge >= 0.3 is 6.09 Å². The summed E-state index contributed by atoms with van der Waals surface area (Å²) < 4.78 is 26.2. The number of epoxide rings is 1. The number of halogens is 1. The smallest absolute Gasteiger partial charge is 0.411 e. The molecule has 2 bridgehead atoms. The van der Waals surface area contributed by atoms with E-state index in [0.29, 0.717) is 35.5 Å². The molecule has 9 heteroatoms. The zero-order chi connectivity index (χ0) is 21.5. The fraction of sp³-hybridized carbons (Fsp3) is 0.429. The Morgan fingerprint density at radius 3 is 2.57 bits per heavy atom. The van der Waals surface area contributed by atoms with Crippen LogP contribution in [-0.2, 0) is 14.3 Å². The average molecular weight is 434 g/mol. The number of fused-ring (bicyclic) bond motifs is 5. The van der Waals surface area contributed by atoms with E-state index < -0.39 is 12.6 Å². The highest BCUT2D eigenvalue weighted by Gasteiger charge is 2.70. The molecule has 1 aromatic carbocycles. The first-order valence-corrected chi connectivity index (χ1v) is 10.6. The Morgan fingerprint density at radius 1 is 1.30 bits per heavy atom. The molecule has 4 unspecified atom stereocenters. The maximum atomic E-state index is 13.7. The molecule has 1 amide bonds. The van der Waals surface area contributed by atoms with Crippen molar-refractivity contribution < 1.29 is 33.0 Å². The van der Waals surface area contributed by atoms with Crippen molar-refractivity contribution in [3.63, 3.8) is 0 Å². The van der Waals surface area contributed by atoms with Gasteiger partial charge in [0.1, 0.15) is 36.2 Å². The van der Waals surface area contributed by atoms with Crippen LogP contribution in [0.5, 0.6) is 0 Å². The van der Waals surface area contributed by atoms with Crippen molar-refractivity contribution in [1.29, 1.82) is 0 Å². The van der Waals surface area contributed by atoms with Crippen molar-refractivity contribution in [2.45, 2.75) is 43.2 Å². The molecule has 0 spiro atoms. The van der Waals surface area contributed by atoms with Crippen molar-refractivity contribution >= 4 is 29.6 Å². The molecule has 160 valence electrons. The van der Waals surface area contributed by atoms with E-state index in [9.17, 15) is 9.18 Å². The van der Waals surface area contributed by atoms with Gasteiger partial charge in [0, 0.05) is 29.8 Å². The predicted molar refractivity (Wildman–Crippen MR) is 107 cm³/mol. The Hall–Kier alpha value is -2.49. The van der Waals surface area contributed by atoms with Gasteiger partial charge in [-0.25, -0.2) is 9.18 Å². The largest absolute Gasteiger partial charge is 0.554 e. The molecule has 0 aliphatic carbocycles. The summed E-state index contributed by atoms with van der Waals surface area (Å²) in [5.74, 6) is -0.333. The molecule has 30 heavy (non-hydrogen) atoms. The summed E-state index contributed by atoms with van der Waals surface area (Å²) in [6.07, 6.45) is 1.70. The maximum Gasteiger partial charge on any atom is 0.411 e. The molecule has 3 saturated heterocycles.